The molecule has 0 aliphatic carbocycles. The molecule has 190 valence electrons. The van der Waals surface area contributed by atoms with Crippen molar-refractivity contribution in [2.45, 2.75) is 56.9 Å². The van der Waals surface area contributed by atoms with Crippen LogP contribution in [0.15, 0.2) is 48.5 Å². The number of fused-ring (bicyclic) bond motifs is 1. The number of aliphatic hydroxyl groups is 1. The second-order valence-electron chi connectivity index (χ2n) is 10.2. The van der Waals surface area contributed by atoms with Crippen molar-refractivity contribution in [2.75, 3.05) is 19.0 Å². The molecule has 1 spiro atoms. The Morgan fingerprint density at radius 3 is 2.61 bits per heavy atom. The van der Waals surface area contributed by atoms with Crippen molar-refractivity contribution in [1.29, 1.82) is 0 Å². The molecule has 2 unspecified atom stereocenters. The lowest BCUT2D eigenvalue weighted by molar-refractivity contribution is -0.143. The maximum absolute atomic E-state index is 14.1. The fourth-order valence-electron chi connectivity index (χ4n) is 6.46. The number of nitrogens with zero attached hydrogens (tertiary/aromatic N) is 1. The van der Waals surface area contributed by atoms with Crippen LogP contribution in [0, 0.1) is 25.7 Å². The van der Waals surface area contributed by atoms with E-state index < -0.39 is 35.6 Å². The first-order valence-electron chi connectivity index (χ1n) is 12.5. The molecule has 3 saturated heterocycles. The van der Waals surface area contributed by atoms with Crippen LogP contribution in [0.5, 0.6) is 0 Å². The van der Waals surface area contributed by atoms with Gasteiger partial charge >= 0.3 is 0 Å². The summed E-state index contributed by atoms with van der Waals surface area (Å²) in [5.74, 6) is -2.34. The average Bonchev–Trinajstić information content (AvgIpc) is 3.52. The summed E-state index contributed by atoms with van der Waals surface area (Å²) in [5, 5.41) is 16.2. The summed E-state index contributed by atoms with van der Waals surface area (Å²) in [5.41, 5.74) is 2.42. The smallest absolute Gasteiger partial charge is 0.250 e. The lowest BCUT2D eigenvalue weighted by Crippen LogP contribution is -2.56. The number of carbonyl (C=O) groups is 3. The van der Waals surface area contributed by atoms with Gasteiger partial charge in [0.25, 0.3) is 0 Å². The van der Waals surface area contributed by atoms with E-state index in [9.17, 15) is 19.5 Å². The maximum Gasteiger partial charge on any atom is 0.250 e. The molecular weight excluding hydrogens is 458 g/mol. The van der Waals surface area contributed by atoms with E-state index in [1.807, 2.05) is 62.4 Å². The van der Waals surface area contributed by atoms with Gasteiger partial charge in [-0.05, 0) is 55.9 Å². The predicted octanol–water partition coefficient (Wildman–Crippen LogP) is 1.97. The van der Waals surface area contributed by atoms with Crippen molar-refractivity contribution in [3.8, 4) is 0 Å². The Bertz CT molecular complexity index is 1180. The fourth-order valence-corrected chi connectivity index (χ4v) is 6.46. The highest BCUT2D eigenvalue weighted by Gasteiger charge is 2.75. The summed E-state index contributed by atoms with van der Waals surface area (Å²) in [4.78, 5) is 42.4. The summed E-state index contributed by atoms with van der Waals surface area (Å²) < 4.78 is 6.42. The van der Waals surface area contributed by atoms with Crippen molar-refractivity contribution in [1.82, 2.24) is 10.2 Å². The molecule has 0 radical (unpaired) electrons. The zero-order valence-corrected chi connectivity index (χ0v) is 20.9. The molecule has 3 heterocycles. The molecule has 2 aromatic rings. The molecule has 0 aromatic heterocycles. The summed E-state index contributed by atoms with van der Waals surface area (Å²) in [6.45, 7) is 3.55. The Kier molecular flexibility index (Phi) is 6.34. The predicted molar refractivity (Wildman–Crippen MR) is 134 cm³/mol. The number of aliphatic hydroxyl groups excluding tert-OH is 1. The van der Waals surface area contributed by atoms with Gasteiger partial charge in [0.05, 0.1) is 30.6 Å². The molecule has 3 N–H and O–H groups in total. The van der Waals surface area contributed by atoms with Gasteiger partial charge in [0.15, 0.2) is 0 Å². The van der Waals surface area contributed by atoms with E-state index in [0.29, 0.717) is 24.9 Å². The Morgan fingerprint density at radius 2 is 1.92 bits per heavy atom. The highest BCUT2D eigenvalue weighted by atomic mass is 16.5. The molecule has 3 amide bonds. The SMILES string of the molecule is CNC(=O)[C@@H]1[C@H]2C(=O)N([C@@H](CO)Cc3ccccc3)C(C(=O)Nc3cc(C)ccc3C)C23CC[C@H]1O3. The van der Waals surface area contributed by atoms with Gasteiger partial charge in [0, 0.05) is 12.7 Å². The number of rotatable bonds is 7. The lowest BCUT2D eigenvalue weighted by Gasteiger charge is -2.37. The molecule has 8 heteroatoms. The third-order valence-corrected chi connectivity index (χ3v) is 8.10. The number of amides is 3. The minimum Gasteiger partial charge on any atom is -0.394 e. The van der Waals surface area contributed by atoms with E-state index >= 15 is 0 Å². The zero-order valence-electron chi connectivity index (χ0n) is 20.9. The van der Waals surface area contributed by atoms with Crippen LogP contribution >= 0.6 is 0 Å². The van der Waals surface area contributed by atoms with Gasteiger partial charge in [0.2, 0.25) is 17.7 Å². The van der Waals surface area contributed by atoms with Crippen molar-refractivity contribution in [3.63, 3.8) is 0 Å². The maximum atomic E-state index is 14.1. The topological polar surface area (TPSA) is 108 Å². The van der Waals surface area contributed by atoms with Crippen LogP contribution in [-0.2, 0) is 25.5 Å². The number of aryl methyl sites for hydroxylation is 2. The van der Waals surface area contributed by atoms with E-state index in [4.69, 9.17) is 4.74 Å². The van der Waals surface area contributed by atoms with E-state index in [1.54, 1.807) is 7.05 Å². The van der Waals surface area contributed by atoms with Crippen molar-refractivity contribution in [2.24, 2.45) is 11.8 Å². The summed E-state index contributed by atoms with van der Waals surface area (Å²) in [7, 11) is 1.55. The fraction of sp³-hybridized carbons (Fsp3) is 0.464. The van der Waals surface area contributed by atoms with Gasteiger partial charge in [-0.25, -0.2) is 0 Å². The first-order chi connectivity index (χ1) is 17.3. The third-order valence-electron chi connectivity index (χ3n) is 8.10. The largest absolute Gasteiger partial charge is 0.394 e. The van der Waals surface area contributed by atoms with Gasteiger partial charge < -0.3 is 25.4 Å². The first-order valence-corrected chi connectivity index (χ1v) is 12.5. The normalized spacial score (nSPS) is 29.2. The van der Waals surface area contributed by atoms with Crippen LogP contribution in [0.25, 0.3) is 0 Å². The third kappa shape index (κ3) is 3.79. The van der Waals surface area contributed by atoms with Crippen molar-refractivity contribution < 1.29 is 24.2 Å². The van der Waals surface area contributed by atoms with Gasteiger partial charge in [0.1, 0.15) is 11.6 Å². The lowest BCUT2D eigenvalue weighted by atomic mass is 9.70. The highest BCUT2D eigenvalue weighted by Crippen LogP contribution is 2.59. The molecular formula is C28H33N3O5. The number of hydrogen-bond acceptors (Lipinski definition) is 5. The van der Waals surface area contributed by atoms with Gasteiger partial charge in [-0.3, -0.25) is 14.4 Å². The van der Waals surface area contributed by atoms with Crippen LogP contribution in [0.3, 0.4) is 0 Å². The average molecular weight is 492 g/mol. The standard InChI is InChI=1S/C28H33N3O5/c1-16-9-10-17(2)20(13-16)30-26(34)24-28-12-11-21(36-28)22(25(33)29-3)23(28)27(35)31(24)19(15-32)14-18-7-5-4-6-8-18/h4-10,13,19,21-24,32H,11-12,14-15H2,1-3H3,(H,29,33)(H,30,34)/t19-,21-,22+,23+,24?,28?/m1/s1. The monoisotopic (exact) mass is 491 g/mol. The number of ether oxygens (including phenoxy) is 1. The number of benzene rings is 2. The van der Waals surface area contributed by atoms with Crippen LogP contribution in [0.4, 0.5) is 5.69 Å². The minimum absolute atomic E-state index is 0.251. The summed E-state index contributed by atoms with van der Waals surface area (Å²) in [6, 6.07) is 13.8. The molecule has 3 aliphatic heterocycles. The van der Waals surface area contributed by atoms with E-state index in [2.05, 4.69) is 10.6 Å². The second kappa shape index (κ2) is 9.33. The number of hydrogen-bond donors (Lipinski definition) is 3. The molecule has 6 atom stereocenters. The van der Waals surface area contributed by atoms with E-state index in [-0.39, 0.29) is 24.3 Å². The summed E-state index contributed by atoms with van der Waals surface area (Å²) >= 11 is 0. The quantitative estimate of drug-likeness (QED) is 0.549. The number of anilines is 1. The minimum atomic E-state index is -1.11. The second-order valence-corrected chi connectivity index (χ2v) is 10.2. The van der Waals surface area contributed by atoms with E-state index in [0.717, 1.165) is 16.7 Å². The van der Waals surface area contributed by atoms with Gasteiger partial charge in [-0.15, -0.1) is 0 Å². The van der Waals surface area contributed by atoms with Crippen LogP contribution in [0.1, 0.15) is 29.5 Å². The van der Waals surface area contributed by atoms with E-state index in [1.165, 1.54) is 4.90 Å². The van der Waals surface area contributed by atoms with Crippen LogP contribution in [0.2, 0.25) is 0 Å². The first kappa shape index (κ1) is 24.5. The van der Waals surface area contributed by atoms with Crippen LogP contribution in [-0.4, -0.2) is 65.2 Å². The Balaban J connectivity index is 1.56. The molecule has 3 fully saturated rings. The van der Waals surface area contributed by atoms with Crippen molar-refractivity contribution >= 4 is 23.4 Å². The summed E-state index contributed by atoms with van der Waals surface area (Å²) in [6.07, 6.45) is 1.09. The Labute approximate surface area is 211 Å². The number of likely N-dealkylation sites (tertiary alicyclic amines) is 1. The Morgan fingerprint density at radius 1 is 1.17 bits per heavy atom. The molecule has 8 nitrogen and oxygen atoms in total. The molecule has 36 heavy (non-hydrogen) atoms. The molecule has 2 aromatic carbocycles. The van der Waals surface area contributed by atoms with Gasteiger partial charge in [-0.2, -0.15) is 0 Å². The molecule has 2 bridgehead atoms. The number of nitrogens with one attached hydrogen (secondary N) is 2. The molecule has 5 rings (SSSR count). The highest BCUT2D eigenvalue weighted by molar-refractivity contribution is 6.04. The zero-order chi connectivity index (χ0) is 25.6. The van der Waals surface area contributed by atoms with Crippen molar-refractivity contribution in [3.05, 3.63) is 65.2 Å². The molecule has 3 aliphatic rings. The van der Waals surface area contributed by atoms with Gasteiger partial charge in [-0.1, -0.05) is 42.5 Å². The molecule has 0 saturated carbocycles. The van der Waals surface area contributed by atoms with Crippen LogP contribution < -0.4 is 10.6 Å². The number of carbonyl (C=O) groups excluding carboxylic acids is 3. The Hall–Kier alpha value is -3.23.